The molecular weight excluding hydrogens is 284 g/mol. The Morgan fingerprint density at radius 3 is 2.27 bits per heavy atom. The Morgan fingerprint density at radius 1 is 1.00 bits per heavy atom. The van der Waals surface area contributed by atoms with Crippen LogP contribution in [0.3, 0.4) is 0 Å². The maximum Gasteiger partial charge on any atom is 0.170 e. The number of aliphatic hydroxyl groups is 1. The molecule has 3 rings (SSSR count). The van der Waals surface area contributed by atoms with Crippen molar-refractivity contribution in [1.29, 1.82) is 0 Å². The zero-order valence-corrected chi connectivity index (χ0v) is 13.7. The van der Waals surface area contributed by atoms with E-state index >= 15 is 0 Å². The zero-order valence-electron chi connectivity index (χ0n) is 13.7. The Hall–Kier alpha value is -0.780. The summed E-state index contributed by atoms with van der Waals surface area (Å²) in [6.45, 7) is 6.92. The predicted octanol–water partition coefficient (Wildman–Crippen LogP) is 2.00. The molecule has 5 heteroatoms. The number of fused-ring (bicyclic) bond motifs is 2. The summed E-state index contributed by atoms with van der Waals surface area (Å²) in [6, 6.07) is 0. The number of carbonyl (C=O) groups excluding carboxylic acids is 2. The van der Waals surface area contributed by atoms with E-state index in [1.165, 1.54) is 0 Å². The van der Waals surface area contributed by atoms with Crippen molar-refractivity contribution in [3.05, 3.63) is 0 Å². The van der Waals surface area contributed by atoms with Gasteiger partial charge in [-0.3, -0.25) is 9.59 Å². The maximum atomic E-state index is 13.1. The average Bonchev–Trinajstić information content (AvgIpc) is 2.77. The first-order chi connectivity index (χ1) is 10.1. The standard InChI is InChI=1S/C17H26O5/c1-14(2)9-16(20)8-12(18)4-5-15(3,13(16)19)11-17(10-14)21-6-7-22-17/h20H,4-11H2,1-3H3/t15-,16-/m0/s1. The molecule has 0 aromatic carbocycles. The molecule has 3 aliphatic rings. The molecule has 124 valence electrons. The fourth-order valence-electron chi connectivity index (χ4n) is 4.84. The molecule has 1 saturated heterocycles. The van der Waals surface area contributed by atoms with E-state index in [1.807, 2.05) is 20.8 Å². The molecule has 2 bridgehead atoms. The number of hydrogen-bond donors (Lipinski definition) is 1. The summed E-state index contributed by atoms with van der Waals surface area (Å²) >= 11 is 0. The first kappa shape index (κ1) is 16.1. The van der Waals surface area contributed by atoms with Crippen LogP contribution in [0.1, 0.15) is 59.3 Å². The zero-order chi connectivity index (χ0) is 16.2. The van der Waals surface area contributed by atoms with E-state index in [9.17, 15) is 14.7 Å². The summed E-state index contributed by atoms with van der Waals surface area (Å²) in [5, 5.41) is 11.0. The molecular formula is C17H26O5. The predicted molar refractivity (Wildman–Crippen MR) is 79.2 cm³/mol. The minimum Gasteiger partial charge on any atom is -0.382 e. The summed E-state index contributed by atoms with van der Waals surface area (Å²) in [7, 11) is 0. The summed E-state index contributed by atoms with van der Waals surface area (Å²) in [5.74, 6) is -1.00. The van der Waals surface area contributed by atoms with Crippen LogP contribution in [0.15, 0.2) is 0 Å². The van der Waals surface area contributed by atoms with Gasteiger partial charge in [0.15, 0.2) is 11.6 Å². The summed E-state index contributed by atoms with van der Waals surface area (Å²) in [6.07, 6.45) is 2.05. The number of rotatable bonds is 0. The fourth-order valence-corrected chi connectivity index (χ4v) is 4.84. The van der Waals surface area contributed by atoms with Crippen molar-refractivity contribution in [3.63, 3.8) is 0 Å². The minimum atomic E-state index is -1.55. The lowest BCUT2D eigenvalue weighted by molar-refractivity contribution is -0.216. The summed E-state index contributed by atoms with van der Waals surface area (Å²) in [5.41, 5.74) is -2.67. The van der Waals surface area contributed by atoms with Gasteiger partial charge in [-0.05, 0) is 18.3 Å². The van der Waals surface area contributed by atoms with Crippen LogP contribution in [0, 0.1) is 10.8 Å². The van der Waals surface area contributed by atoms with Gasteiger partial charge in [-0.15, -0.1) is 0 Å². The van der Waals surface area contributed by atoms with Crippen LogP contribution in [-0.4, -0.2) is 41.3 Å². The topological polar surface area (TPSA) is 72.8 Å². The van der Waals surface area contributed by atoms with E-state index < -0.39 is 16.8 Å². The third-order valence-corrected chi connectivity index (χ3v) is 5.41. The Labute approximate surface area is 131 Å². The van der Waals surface area contributed by atoms with Gasteiger partial charge in [-0.1, -0.05) is 20.8 Å². The number of hydrogen-bond acceptors (Lipinski definition) is 5. The molecule has 2 saturated carbocycles. The molecule has 2 aliphatic carbocycles. The minimum absolute atomic E-state index is 0.0282. The second kappa shape index (κ2) is 4.86. The first-order valence-electron chi connectivity index (χ1n) is 8.15. The SMILES string of the molecule is CC1(C)CC2(C[C@]3(C)CCC(=O)C[C@](O)(C1)C3=O)OCCO2. The monoisotopic (exact) mass is 310 g/mol. The highest BCUT2D eigenvalue weighted by Crippen LogP contribution is 2.52. The molecule has 0 aromatic rings. The van der Waals surface area contributed by atoms with Crippen molar-refractivity contribution >= 4 is 11.6 Å². The number of ether oxygens (including phenoxy) is 2. The van der Waals surface area contributed by atoms with Crippen molar-refractivity contribution in [2.75, 3.05) is 13.2 Å². The van der Waals surface area contributed by atoms with Gasteiger partial charge in [0.2, 0.25) is 0 Å². The molecule has 1 aliphatic heterocycles. The number of carbonyl (C=O) groups is 2. The van der Waals surface area contributed by atoms with E-state index in [2.05, 4.69) is 0 Å². The van der Waals surface area contributed by atoms with Gasteiger partial charge in [0.25, 0.3) is 0 Å². The lowest BCUT2D eigenvalue weighted by atomic mass is 9.62. The molecule has 1 heterocycles. The highest BCUT2D eigenvalue weighted by Gasteiger charge is 2.59. The average molecular weight is 310 g/mol. The molecule has 22 heavy (non-hydrogen) atoms. The summed E-state index contributed by atoms with van der Waals surface area (Å²) in [4.78, 5) is 25.2. The number of Topliss-reactive ketones (excluding diaryl/α,β-unsaturated/α-hetero) is 2. The molecule has 0 unspecified atom stereocenters. The van der Waals surface area contributed by atoms with Crippen LogP contribution in [0.5, 0.6) is 0 Å². The van der Waals surface area contributed by atoms with Crippen molar-refractivity contribution in [2.45, 2.75) is 70.7 Å². The van der Waals surface area contributed by atoms with Gasteiger partial charge >= 0.3 is 0 Å². The van der Waals surface area contributed by atoms with Crippen LogP contribution < -0.4 is 0 Å². The highest BCUT2D eigenvalue weighted by molar-refractivity contribution is 5.98. The third kappa shape index (κ3) is 2.63. The van der Waals surface area contributed by atoms with Crippen LogP contribution in [0.4, 0.5) is 0 Å². The second-order valence-electron chi connectivity index (χ2n) is 8.44. The van der Waals surface area contributed by atoms with Gasteiger partial charge in [0.1, 0.15) is 11.4 Å². The Bertz CT molecular complexity index is 505. The maximum absolute atomic E-state index is 13.1. The molecule has 0 amide bonds. The Kier molecular flexibility index (Phi) is 3.55. The third-order valence-electron chi connectivity index (χ3n) is 5.41. The molecule has 1 N–H and O–H groups in total. The molecule has 1 spiro atoms. The van der Waals surface area contributed by atoms with Crippen LogP contribution in [0.2, 0.25) is 0 Å². The first-order valence-corrected chi connectivity index (χ1v) is 8.15. The van der Waals surface area contributed by atoms with E-state index in [0.29, 0.717) is 38.9 Å². The van der Waals surface area contributed by atoms with Crippen molar-refractivity contribution in [3.8, 4) is 0 Å². The van der Waals surface area contributed by atoms with E-state index in [-0.39, 0.29) is 29.8 Å². The van der Waals surface area contributed by atoms with E-state index in [1.54, 1.807) is 0 Å². The highest BCUT2D eigenvalue weighted by atomic mass is 16.7. The van der Waals surface area contributed by atoms with E-state index in [4.69, 9.17) is 9.47 Å². The van der Waals surface area contributed by atoms with Gasteiger partial charge in [0.05, 0.1) is 13.2 Å². The van der Waals surface area contributed by atoms with E-state index in [0.717, 1.165) is 0 Å². The molecule has 5 nitrogen and oxygen atoms in total. The van der Waals surface area contributed by atoms with Crippen LogP contribution in [-0.2, 0) is 19.1 Å². The van der Waals surface area contributed by atoms with Crippen molar-refractivity contribution in [2.24, 2.45) is 10.8 Å². The van der Waals surface area contributed by atoms with Crippen LogP contribution in [0.25, 0.3) is 0 Å². The van der Waals surface area contributed by atoms with Crippen molar-refractivity contribution in [1.82, 2.24) is 0 Å². The molecule has 2 atom stereocenters. The fraction of sp³-hybridized carbons (Fsp3) is 0.882. The van der Waals surface area contributed by atoms with Crippen molar-refractivity contribution < 1.29 is 24.2 Å². The molecule has 0 radical (unpaired) electrons. The lowest BCUT2D eigenvalue weighted by Crippen LogP contribution is -2.55. The smallest absolute Gasteiger partial charge is 0.170 e. The molecule has 3 fully saturated rings. The summed E-state index contributed by atoms with van der Waals surface area (Å²) < 4.78 is 11.8. The van der Waals surface area contributed by atoms with Gasteiger partial charge in [-0.2, -0.15) is 0 Å². The van der Waals surface area contributed by atoms with Gasteiger partial charge in [-0.25, -0.2) is 0 Å². The largest absolute Gasteiger partial charge is 0.382 e. The normalized spacial score (nSPS) is 41.1. The Balaban J connectivity index is 2.06. The molecule has 0 aromatic heterocycles. The quantitative estimate of drug-likeness (QED) is 0.741. The lowest BCUT2D eigenvalue weighted by Gasteiger charge is -2.47. The number of ketones is 2. The second-order valence-corrected chi connectivity index (χ2v) is 8.44. The van der Waals surface area contributed by atoms with Crippen LogP contribution >= 0.6 is 0 Å². The van der Waals surface area contributed by atoms with Gasteiger partial charge < -0.3 is 14.6 Å². The Morgan fingerprint density at radius 2 is 1.64 bits per heavy atom. The van der Waals surface area contributed by atoms with Gasteiger partial charge in [0, 0.05) is 31.1 Å².